The van der Waals surface area contributed by atoms with Crippen molar-refractivity contribution in [3.05, 3.63) is 47.0 Å². The Morgan fingerprint density at radius 2 is 2.10 bits per heavy atom. The van der Waals surface area contributed by atoms with Gasteiger partial charge in [0.2, 0.25) is 0 Å². The van der Waals surface area contributed by atoms with Gasteiger partial charge in [0.25, 0.3) is 5.91 Å². The van der Waals surface area contributed by atoms with Gasteiger partial charge in [0.15, 0.2) is 5.13 Å². The summed E-state index contributed by atoms with van der Waals surface area (Å²) in [6, 6.07) is 3.81. The second-order valence-corrected chi connectivity index (χ2v) is 7.92. The van der Waals surface area contributed by atoms with Gasteiger partial charge in [-0.25, -0.2) is 9.97 Å². The monoisotopic (exact) mass is 453 g/mol. The molecular formula is C19H21Cl2N5O2S. The maximum atomic E-state index is 13.2. The number of morpholine rings is 1. The number of carbonyl (C=O) groups is 1. The number of nitrogens with zero attached hydrogens (tertiary/aromatic N) is 5. The van der Waals surface area contributed by atoms with Crippen LogP contribution >= 0.6 is 35.3 Å². The van der Waals surface area contributed by atoms with E-state index in [1.54, 1.807) is 11.1 Å². The van der Waals surface area contributed by atoms with E-state index >= 15 is 0 Å². The van der Waals surface area contributed by atoms with E-state index in [1.165, 1.54) is 23.7 Å². The molecule has 1 aliphatic rings. The summed E-state index contributed by atoms with van der Waals surface area (Å²) in [5, 5.41) is 1.26. The van der Waals surface area contributed by atoms with Crippen molar-refractivity contribution in [2.24, 2.45) is 0 Å². The molecule has 29 heavy (non-hydrogen) atoms. The number of anilines is 1. The van der Waals surface area contributed by atoms with E-state index in [1.807, 2.05) is 19.1 Å². The number of aryl methyl sites for hydroxylation is 1. The molecule has 0 spiro atoms. The number of benzene rings is 1. The summed E-state index contributed by atoms with van der Waals surface area (Å²) in [5.41, 5.74) is 2.16. The van der Waals surface area contributed by atoms with Crippen molar-refractivity contribution < 1.29 is 9.53 Å². The van der Waals surface area contributed by atoms with Gasteiger partial charge in [-0.2, -0.15) is 0 Å². The number of fused-ring (bicyclic) bond motifs is 1. The molecule has 1 aliphatic heterocycles. The molecule has 7 nitrogen and oxygen atoms in total. The zero-order chi connectivity index (χ0) is 19.5. The average molecular weight is 454 g/mol. The van der Waals surface area contributed by atoms with E-state index in [0.29, 0.717) is 35.6 Å². The summed E-state index contributed by atoms with van der Waals surface area (Å²) in [6.07, 6.45) is 4.55. The summed E-state index contributed by atoms with van der Waals surface area (Å²) >= 11 is 7.79. The SMILES string of the molecule is Cc1ccc(Cl)c2sc(N(CCN3CCOCC3)C(=O)c3cnccn3)nc12.Cl. The van der Waals surface area contributed by atoms with Crippen LogP contribution in [0.5, 0.6) is 0 Å². The standard InChI is InChI=1S/C19H20ClN5O2S.ClH/c1-13-2-3-14(20)17-16(13)23-19(28-17)25(7-6-24-8-10-27-11-9-24)18(26)15-12-21-4-5-22-15;/h2-5,12H,6-11H2,1H3;1H. The molecule has 1 aromatic carbocycles. The quantitative estimate of drug-likeness (QED) is 0.588. The number of carbonyl (C=O) groups excluding carboxylic acids is 1. The van der Waals surface area contributed by atoms with Crippen LogP contribution < -0.4 is 4.90 Å². The van der Waals surface area contributed by atoms with Crippen LogP contribution in [0.15, 0.2) is 30.7 Å². The van der Waals surface area contributed by atoms with Crippen molar-refractivity contribution in [3.8, 4) is 0 Å². The molecular weight excluding hydrogens is 433 g/mol. The molecule has 3 heterocycles. The molecule has 1 amide bonds. The van der Waals surface area contributed by atoms with Gasteiger partial charge >= 0.3 is 0 Å². The van der Waals surface area contributed by atoms with E-state index in [-0.39, 0.29) is 18.3 Å². The molecule has 2 aromatic heterocycles. The lowest BCUT2D eigenvalue weighted by molar-refractivity contribution is 0.0391. The highest BCUT2D eigenvalue weighted by Crippen LogP contribution is 2.36. The number of hydrogen-bond acceptors (Lipinski definition) is 7. The largest absolute Gasteiger partial charge is 0.379 e. The predicted molar refractivity (Wildman–Crippen MR) is 118 cm³/mol. The molecule has 0 aliphatic carbocycles. The molecule has 0 atom stereocenters. The summed E-state index contributed by atoms with van der Waals surface area (Å²) < 4.78 is 6.30. The van der Waals surface area contributed by atoms with E-state index in [9.17, 15) is 4.79 Å². The predicted octanol–water partition coefficient (Wildman–Crippen LogP) is 3.45. The molecule has 1 saturated heterocycles. The van der Waals surface area contributed by atoms with Crippen LogP contribution in [0.1, 0.15) is 16.1 Å². The van der Waals surface area contributed by atoms with Crippen LogP contribution in [0.25, 0.3) is 10.2 Å². The van der Waals surface area contributed by atoms with Gasteiger partial charge in [0, 0.05) is 38.6 Å². The Hall–Kier alpha value is -1.84. The van der Waals surface area contributed by atoms with Crippen molar-refractivity contribution in [3.63, 3.8) is 0 Å². The van der Waals surface area contributed by atoms with Crippen molar-refractivity contribution in [2.75, 3.05) is 44.3 Å². The number of ether oxygens (including phenoxy) is 1. The van der Waals surface area contributed by atoms with Gasteiger partial charge in [0.1, 0.15) is 5.69 Å². The fourth-order valence-electron chi connectivity index (χ4n) is 3.10. The Balaban J connectivity index is 0.00000240. The summed E-state index contributed by atoms with van der Waals surface area (Å²) in [7, 11) is 0. The molecule has 0 saturated carbocycles. The highest BCUT2D eigenvalue weighted by atomic mass is 35.5. The molecule has 1 fully saturated rings. The second-order valence-electron chi connectivity index (χ2n) is 6.54. The third-order valence-corrected chi connectivity index (χ3v) is 6.23. The van der Waals surface area contributed by atoms with Crippen LogP contribution in [-0.4, -0.2) is 65.2 Å². The van der Waals surface area contributed by atoms with Gasteiger partial charge in [-0.3, -0.25) is 19.6 Å². The molecule has 0 bridgehead atoms. The minimum atomic E-state index is -0.214. The fraction of sp³-hybridized carbons (Fsp3) is 0.368. The summed E-state index contributed by atoms with van der Waals surface area (Å²) in [4.78, 5) is 30.1. The molecule has 0 N–H and O–H groups in total. The van der Waals surface area contributed by atoms with Gasteiger partial charge in [-0.05, 0) is 18.6 Å². The first-order valence-electron chi connectivity index (χ1n) is 9.07. The highest BCUT2D eigenvalue weighted by Gasteiger charge is 2.24. The first-order valence-corrected chi connectivity index (χ1v) is 10.3. The molecule has 4 rings (SSSR count). The Morgan fingerprint density at radius 3 is 2.79 bits per heavy atom. The van der Waals surface area contributed by atoms with E-state index in [4.69, 9.17) is 21.3 Å². The van der Waals surface area contributed by atoms with E-state index < -0.39 is 0 Å². The third kappa shape index (κ3) is 4.84. The van der Waals surface area contributed by atoms with Crippen LogP contribution in [0.4, 0.5) is 5.13 Å². The first-order chi connectivity index (χ1) is 13.6. The Bertz CT molecular complexity index is 940. The van der Waals surface area contributed by atoms with Crippen molar-refractivity contribution in [1.29, 1.82) is 0 Å². The Kier molecular flexibility index (Phi) is 7.37. The maximum absolute atomic E-state index is 13.2. The summed E-state index contributed by atoms with van der Waals surface area (Å²) in [6.45, 7) is 6.38. The lowest BCUT2D eigenvalue weighted by atomic mass is 10.2. The van der Waals surface area contributed by atoms with Gasteiger partial charge in [-0.1, -0.05) is 29.0 Å². The number of hydrogen-bond donors (Lipinski definition) is 0. The molecule has 0 unspecified atom stereocenters. The number of rotatable bonds is 5. The van der Waals surface area contributed by atoms with Crippen molar-refractivity contribution in [1.82, 2.24) is 19.9 Å². The second kappa shape index (κ2) is 9.77. The van der Waals surface area contributed by atoms with Crippen LogP contribution in [0, 0.1) is 6.92 Å². The van der Waals surface area contributed by atoms with Gasteiger partial charge in [0.05, 0.1) is 34.6 Å². The topological polar surface area (TPSA) is 71.5 Å². The maximum Gasteiger partial charge on any atom is 0.280 e. The molecule has 10 heteroatoms. The zero-order valence-electron chi connectivity index (χ0n) is 15.9. The van der Waals surface area contributed by atoms with Crippen LogP contribution in [0.3, 0.4) is 0 Å². The normalized spacial score (nSPS) is 14.6. The van der Waals surface area contributed by atoms with Crippen LogP contribution in [-0.2, 0) is 4.74 Å². The third-order valence-electron chi connectivity index (χ3n) is 4.69. The Labute approximate surface area is 184 Å². The number of halogens is 2. The minimum Gasteiger partial charge on any atom is -0.379 e. The summed E-state index contributed by atoms with van der Waals surface area (Å²) in [5.74, 6) is -0.214. The van der Waals surface area contributed by atoms with Gasteiger partial charge < -0.3 is 4.74 Å². The fourth-order valence-corrected chi connectivity index (χ4v) is 4.45. The average Bonchev–Trinajstić information content (AvgIpc) is 3.19. The number of aromatic nitrogens is 3. The smallest absolute Gasteiger partial charge is 0.280 e. The van der Waals surface area contributed by atoms with E-state index in [0.717, 1.165) is 35.4 Å². The molecule has 3 aromatic rings. The van der Waals surface area contributed by atoms with Crippen molar-refractivity contribution >= 4 is 56.6 Å². The highest BCUT2D eigenvalue weighted by molar-refractivity contribution is 7.23. The zero-order valence-corrected chi connectivity index (χ0v) is 18.3. The van der Waals surface area contributed by atoms with Gasteiger partial charge in [-0.15, -0.1) is 12.4 Å². The van der Waals surface area contributed by atoms with E-state index in [2.05, 4.69) is 14.9 Å². The van der Waals surface area contributed by atoms with Crippen LogP contribution in [0.2, 0.25) is 5.02 Å². The molecule has 0 radical (unpaired) electrons. The van der Waals surface area contributed by atoms with Crippen molar-refractivity contribution in [2.45, 2.75) is 6.92 Å². The lowest BCUT2D eigenvalue weighted by Gasteiger charge is -2.29. The lowest BCUT2D eigenvalue weighted by Crippen LogP contribution is -2.43. The first kappa shape index (κ1) is 21.9. The molecule has 154 valence electrons. The Morgan fingerprint density at radius 1 is 1.31 bits per heavy atom. The minimum absolute atomic E-state index is 0. The number of thiazole rings is 1. The number of amides is 1.